The molecule has 0 atom stereocenters. The van der Waals surface area contributed by atoms with Crippen LogP contribution in [0.1, 0.15) is 39.0 Å². The first kappa shape index (κ1) is 13.8. The van der Waals surface area contributed by atoms with Gasteiger partial charge in [-0.2, -0.15) is 5.26 Å². The van der Waals surface area contributed by atoms with Crippen molar-refractivity contribution in [2.75, 3.05) is 0 Å². The smallest absolute Gasteiger partial charge is 0.400 e. The molecule has 2 heterocycles. The summed E-state index contributed by atoms with van der Waals surface area (Å²) in [7, 11) is -0.373. The van der Waals surface area contributed by atoms with Gasteiger partial charge in [0.25, 0.3) is 0 Å². The topological polar surface area (TPSA) is 55.1 Å². The van der Waals surface area contributed by atoms with Crippen molar-refractivity contribution in [3.05, 3.63) is 35.6 Å². The molecule has 0 N–H and O–H groups in total. The minimum absolute atomic E-state index is 0.333. The number of aromatic nitrogens is 1. The van der Waals surface area contributed by atoms with E-state index in [1.165, 1.54) is 0 Å². The van der Waals surface area contributed by atoms with Crippen LogP contribution in [0.15, 0.2) is 24.3 Å². The summed E-state index contributed by atoms with van der Waals surface area (Å²) in [6.07, 6.45) is 3.38. The van der Waals surface area contributed by atoms with Crippen molar-refractivity contribution in [3.63, 3.8) is 0 Å². The second-order valence-corrected chi connectivity index (χ2v) is 5.57. The van der Waals surface area contributed by atoms with Crippen LogP contribution in [0, 0.1) is 11.3 Å². The molecule has 0 amide bonds. The van der Waals surface area contributed by atoms with Gasteiger partial charge in [0.1, 0.15) is 6.07 Å². The van der Waals surface area contributed by atoms with Crippen LogP contribution in [0.3, 0.4) is 0 Å². The Hall–Kier alpha value is -1.64. The summed E-state index contributed by atoms with van der Waals surface area (Å²) in [6, 6.07) is 5.56. The van der Waals surface area contributed by atoms with Crippen LogP contribution in [0.5, 0.6) is 0 Å². The van der Waals surface area contributed by atoms with Gasteiger partial charge < -0.3 is 9.31 Å². The lowest BCUT2D eigenvalue weighted by molar-refractivity contribution is 0.00578. The highest BCUT2D eigenvalue weighted by Crippen LogP contribution is 2.36. The molecule has 4 nitrogen and oxygen atoms in total. The summed E-state index contributed by atoms with van der Waals surface area (Å²) < 4.78 is 11.7. The average molecular weight is 256 g/mol. The number of nitrogens with zero attached hydrogens (tertiary/aromatic N) is 2. The molecule has 1 fully saturated rings. The number of rotatable bonds is 2. The molecule has 0 aliphatic carbocycles. The Kier molecular flexibility index (Phi) is 3.48. The Bertz CT molecular complexity index is 513. The van der Waals surface area contributed by atoms with Gasteiger partial charge in [-0.25, -0.2) is 0 Å². The quantitative estimate of drug-likeness (QED) is 0.763. The van der Waals surface area contributed by atoms with E-state index in [-0.39, 0.29) is 18.3 Å². The molecule has 0 unspecified atom stereocenters. The van der Waals surface area contributed by atoms with Crippen LogP contribution in [-0.2, 0) is 9.31 Å². The van der Waals surface area contributed by atoms with E-state index in [1.807, 2.05) is 45.8 Å². The molecule has 2 rings (SSSR count). The van der Waals surface area contributed by atoms with E-state index in [0.29, 0.717) is 5.56 Å². The second kappa shape index (κ2) is 4.80. The molecule has 0 radical (unpaired) electrons. The highest BCUT2D eigenvalue weighted by molar-refractivity contribution is 6.52. The largest absolute Gasteiger partial charge is 0.487 e. The highest BCUT2D eigenvalue weighted by atomic mass is 16.7. The van der Waals surface area contributed by atoms with E-state index in [4.69, 9.17) is 14.6 Å². The Morgan fingerprint density at radius 1 is 1.21 bits per heavy atom. The summed E-state index contributed by atoms with van der Waals surface area (Å²) >= 11 is 0. The lowest BCUT2D eigenvalue weighted by Gasteiger charge is -2.32. The SMILES string of the molecule is CC1(C)OB(C=Cc2ccc(C#N)cn2)OC1(C)C. The molecule has 1 saturated heterocycles. The average Bonchev–Trinajstić information content (AvgIpc) is 2.56. The van der Waals surface area contributed by atoms with Gasteiger partial charge >= 0.3 is 7.12 Å². The lowest BCUT2D eigenvalue weighted by Crippen LogP contribution is -2.41. The van der Waals surface area contributed by atoms with Crippen molar-refractivity contribution in [1.82, 2.24) is 4.98 Å². The summed E-state index contributed by atoms with van der Waals surface area (Å²) in [5.41, 5.74) is 0.654. The van der Waals surface area contributed by atoms with E-state index >= 15 is 0 Å². The first-order valence-electron chi connectivity index (χ1n) is 6.24. The molecular weight excluding hydrogens is 239 g/mol. The maximum absolute atomic E-state index is 8.70. The fraction of sp³-hybridized carbons (Fsp3) is 0.429. The van der Waals surface area contributed by atoms with Crippen molar-refractivity contribution >= 4 is 13.2 Å². The van der Waals surface area contributed by atoms with E-state index < -0.39 is 0 Å². The zero-order chi connectivity index (χ0) is 14.1. The maximum Gasteiger partial charge on any atom is 0.487 e. The van der Waals surface area contributed by atoms with Crippen LogP contribution in [-0.4, -0.2) is 23.3 Å². The molecule has 5 heteroatoms. The van der Waals surface area contributed by atoms with Crippen LogP contribution >= 0.6 is 0 Å². The van der Waals surface area contributed by atoms with Crippen molar-refractivity contribution in [2.24, 2.45) is 0 Å². The van der Waals surface area contributed by atoms with E-state index in [1.54, 1.807) is 18.3 Å². The Morgan fingerprint density at radius 2 is 1.84 bits per heavy atom. The minimum atomic E-state index is -0.373. The van der Waals surface area contributed by atoms with Gasteiger partial charge in [0.15, 0.2) is 0 Å². The van der Waals surface area contributed by atoms with Gasteiger partial charge in [-0.15, -0.1) is 0 Å². The van der Waals surface area contributed by atoms with Crippen molar-refractivity contribution in [2.45, 2.75) is 38.9 Å². The molecule has 1 aromatic rings. The fourth-order valence-electron chi connectivity index (χ4n) is 1.71. The molecule has 1 aromatic heterocycles. The molecule has 0 aromatic carbocycles. The zero-order valence-corrected chi connectivity index (χ0v) is 11.7. The van der Waals surface area contributed by atoms with Gasteiger partial charge in [0.2, 0.25) is 0 Å². The predicted octanol–water partition coefficient (Wildman–Crippen LogP) is 2.60. The van der Waals surface area contributed by atoms with Crippen molar-refractivity contribution in [3.8, 4) is 6.07 Å². The van der Waals surface area contributed by atoms with Crippen LogP contribution in [0.2, 0.25) is 0 Å². The zero-order valence-electron chi connectivity index (χ0n) is 11.7. The van der Waals surface area contributed by atoms with E-state index in [0.717, 1.165) is 5.69 Å². The Labute approximate surface area is 114 Å². The van der Waals surface area contributed by atoms with Gasteiger partial charge in [-0.05, 0) is 45.9 Å². The molecule has 1 aliphatic rings. The van der Waals surface area contributed by atoms with Gasteiger partial charge in [-0.3, -0.25) is 4.98 Å². The van der Waals surface area contributed by atoms with Gasteiger partial charge in [0, 0.05) is 6.20 Å². The summed E-state index contributed by atoms with van der Waals surface area (Å²) in [4.78, 5) is 4.16. The third-order valence-corrected chi connectivity index (χ3v) is 3.61. The fourth-order valence-corrected chi connectivity index (χ4v) is 1.71. The Morgan fingerprint density at radius 3 is 2.32 bits per heavy atom. The standard InChI is InChI=1S/C14H17BN2O2/c1-13(2)14(3,4)19-15(18-13)8-7-12-6-5-11(9-16)10-17-12/h5-8,10H,1-4H3. The molecule has 98 valence electrons. The second-order valence-electron chi connectivity index (χ2n) is 5.57. The summed E-state index contributed by atoms with van der Waals surface area (Å²) in [5, 5.41) is 8.70. The Balaban J connectivity index is 2.06. The van der Waals surface area contributed by atoms with Crippen LogP contribution in [0.4, 0.5) is 0 Å². The molecule has 1 aliphatic heterocycles. The third-order valence-electron chi connectivity index (χ3n) is 3.61. The number of hydrogen-bond donors (Lipinski definition) is 0. The normalized spacial score (nSPS) is 20.7. The van der Waals surface area contributed by atoms with Crippen molar-refractivity contribution in [1.29, 1.82) is 5.26 Å². The monoisotopic (exact) mass is 256 g/mol. The van der Waals surface area contributed by atoms with E-state index in [9.17, 15) is 0 Å². The lowest BCUT2D eigenvalue weighted by atomic mass is 9.89. The van der Waals surface area contributed by atoms with Gasteiger partial charge in [-0.1, -0.05) is 5.98 Å². The molecule has 0 saturated carbocycles. The van der Waals surface area contributed by atoms with Crippen molar-refractivity contribution < 1.29 is 9.31 Å². The number of hydrogen-bond acceptors (Lipinski definition) is 4. The molecule has 0 bridgehead atoms. The third kappa shape index (κ3) is 2.86. The minimum Gasteiger partial charge on any atom is -0.400 e. The van der Waals surface area contributed by atoms with Crippen LogP contribution < -0.4 is 0 Å². The highest BCUT2D eigenvalue weighted by Gasteiger charge is 2.49. The summed E-state index contributed by atoms with van der Waals surface area (Å²) in [6.45, 7) is 8.06. The first-order chi connectivity index (χ1) is 8.84. The molecule has 19 heavy (non-hydrogen) atoms. The van der Waals surface area contributed by atoms with Gasteiger partial charge in [0.05, 0.1) is 22.5 Å². The van der Waals surface area contributed by atoms with E-state index in [2.05, 4.69) is 4.98 Å². The molecule has 0 spiro atoms. The summed E-state index contributed by atoms with van der Waals surface area (Å²) in [5.74, 6) is 1.84. The predicted molar refractivity (Wildman–Crippen MR) is 74.1 cm³/mol. The number of pyridine rings is 1. The molecular formula is C14H17BN2O2. The van der Waals surface area contributed by atoms with Crippen LogP contribution in [0.25, 0.3) is 6.08 Å². The maximum atomic E-state index is 8.70. The first-order valence-corrected chi connectivity index (χ1v) is 6.24. The number of nitriles is 1.